The van der Waals surface area contributed by atoms with Crippen molar-refractivity contribution in [2.75, 3.05) is 19.0 Å². The maximum absolute atomic E-state index is 12.5. The second-order valence-electron chi connectivity index (χ2n) is 6.06. The lowest BCUT2D eigenvalue weighted by Crippen LogP contribution is -2.21. The lowest BCUT2D eigenvalue weighted by molar-refractivity contribution is -0.119. The second kappa shape index (κ2) is 9.11. The topological polar surface area (TPSA) is 97.4 Å². The van der Waals surface area contributed by atoms with Crippen molar-refractivity contribution < 1.29 is 19.1 Å². The Morgan fingerprint density at radius 2 is 1.83 bits per heavy atom. The van der Waals surface area contributed by atoms with Crippen LogP contribution in [0.4, 0.5) is 5.69 Å². The largest absolute Gasteiger partial charge is 0.451 e. The Bertz CT molecular complexity index is 1050. The fourth-order valence-corrected chi connectivity index (χ4v) is 3.47. The van der Waals surface area contributed by atoms with E-state index in [4.69, 9.17) is 4.74 Å². The number of benzene rings is 2. The van der Waals surface area contributed by atoms with Crippen LogP contribution in [0.3, 0.4) is 0 Å². The van der Waals surface area contributed by atoms with Crippen LogP contribution in [-0.2, 0) is 9.53 Å². The SMILES string of the molecule is CNC(=O)c1cccc(NC(=O)COC(=O)c2sc(C)nc2-c2ccccc2)c1. The van der Waals surface area contributed by atoms with Gasteiger partial charge in [-0.25, -0.2) is 9.78 Å². The van der Waals surface area contributed by atoms with Gasteiger partial charge in [-0.1, -0.05) is 36.4 Å². The number of amides is 2. The van der Waals surface area contributed by atoms with Crippen LogP contribution < -0.4 is 10.6 Å². The van der Waals surface area contributed by atoms with E-state index in [-0.39, 0.29) is 5.91 Å². The molecule has 2 aromatic carbocycles. The van der Waals surface area contributed by atoms with Gasteiger partial charge in [-0.2, -0.15) is 0 Å². The zero-order valence-corrected chi connectivity index (χ0v) is 16.7. The van der Waals surface area contributed by atoms with E-state index in [9.17, 15) is 14.4 Å². The summed E-state index contributed by atoms with van der Waals surface area (Å²) in [6, 6.07) is 15.8. The summed E-state index contributed by atoms with van der Waals surface area (Å²) in [6.45, 7) is 1.36. The standard InChI is InChI=1S/C21H19N3O4S/c1-13-23-18(14-7-4-3-5-8-14)19(29-13)21(27)28-12-17(25)24-16-10-6-9-15(11-16)20(26)22-2/h3-11H,12H2,1-2H3,(H,22,26)(H,24,25). The third kappa shape index (κ3) is 5.05. The lowest BCUT2D eigenvalue weighted by Gasteiger charge is -2.08. The third-order valence-corrected chi connectivity index (χ3v) is 4.89. The van der Waals surface area contributed by atoms with Gasteiger partial charge in [-0.15, -0.1) is 11.3 Å². The van der Waals surface area contributed by atoms with Crippen molar-refractivity contribution in [3.05, 3.63) is 70.0 Å². The van der Waals surface area contributed by atoms with Gasteiger partial charge >= 0.3 is 5.97 Å². The first-order valence-electron chi connectivity index (χ1n) is 8.80. The highest BCUT2D eigenvalue weighted by atomic mass is 32.1. The minimum atomic E-state index is -0.608. The maximum Gasteiger partial charge on any atom is 0.351 e. The first-order valence-corrected chi connectivity index (χ1v) is 9.61. The van der Waals surface area contributed by atoms with Gasteiger partial charge in [-0.05, 0) is 25.1 Å². The molecule has 0 aliphatic rings. The van der Waals surface area contributed by atoms with Crippen molar-refractivity contribution in [2.24, 2.45) is 0 Å². The lowest BCUT2D eigenvalue weighted by atomic mass is 10.1. The first kappa shape index (κ1) is 20.2. The van der Waals surface area contributed by atoms with Crippen molar-refractivity contribution in [3.8, 4) is 11.3 Å². The molecule has 0 radical (unpaired) electrons. The fraction of sp³-hybridized carbons (Fsp3) is 0.143. The number of aromatic nitrogens is 1. The van der Waals surface area contributed by atoms with Gasteiger partial charge in [0.15, 0.2) is 6.61 Å². The summed E-state index contributed by atoms with van der Waals surface area (Å²) >= 11 is 1.22. The molecule has 8 heteroatoms. The number of thiazole rings is 1. The number of nitrogens with zero attached hydrogens (tertiary/aromatic N) is 1. The molecule has 0 saturated carbocycles. The first-order chi connectivity index (χ1) is 14.0. The van der Waals surface area contributed by atoms with E-state index in [0.717, 1.165) is 10.6 Å². The van der Waals surface area contributed by atoms with Crippen molar-refractivity contribution in [3.63, 3.8) is 0 Å². The van der Waals surface area contributed by atoms with Gasteiger partial charge in [0.05, 0.1) is 10.7 Å². The van der Waals surface area contributed by atoms with E-state index in [1.807, 2.05) is 30.3 Å². The second-order valence-corrected chi connectivity index (χ2v) is 7.26. The Morgan fingerprint density at radius 3 is 2.55 bits per heavy atom. The van der Waals surface area contributed by atoms with E-state index in [2.05, 4.69) is 15.6 Å². The van der Waals surface area contributed by atoms with Crippen molar-refractivity contribution in [1.82, 2.24) is 10.3 Å². The number of ether oxygens (including phenoxy) is 1. The van der Waals surface area contributed by atoms with Crippen molar-refractivity contribution in [2.45, 2.75) is 6.92 Å². The van der Waals surface area contributed by atoms with E-state index in [1.165, 1.54) is 18.4 Å². The molecule has 1 heterocycles. The van der Waals surface area contributed by atoms with E-state index < -0.39 is 18.5 Å². The number of hydrogen-bond donors (Lipinski definition) is 2. The average molecular weight is 409 g/mol. The van der Waals surface area contributed by atoms with Gasteiger partial charge in [0, 0.05) is 23.9 Å². The minimum absolute atomic E-state index is 0.262. The molecular formula is C21H19N3O4S. The average Bonchev–Trinajstić information content (AvgIpc) is 3.14. The molecule has 7 nitrogen and oxygen atoms in total. The Hall–Kier alpha value is -3.52. The Kier molecular flexibility index (Phi) is 6.36. The van der Waals surface area contributed by atoms with Crippen LogP contribution in [0.5, 0.6) is 0 Å². The van der Waals surface area contributed by atoms with Gasteiger partial charge < -0.3 is 15.4 Å². The van der Waals surface area contributed by atoms with E-state index in [1.54, 1.807) is 31.2 Å². The molecule has 2 N–H and O–H groups in total. The Morgan fingerprint density at radius 1 is 1.07 bits per heavy atom. The van der Waals surface area contributed by atoms with Crippen LogP contribution in [0.15, 0.2) is 54.6 Å². The van der Waals surface area contributed by atoms with Gasteiger partial charge in [-0.3, -0.25) is 9.59 Å². The number of carbonyl (C=O) groups excluding carboxylic acids is 3. The summed E-state index contributed by atoms with van der Waals surface area (Å²) in [5.74, 6) is -1.37. The highest BCUT2D eigenvalue weighted by Crippen LogP contribution is 2.28. The molecule has 0 aliphatic carbocycles. The molecule has 0 spiro atoms. The summed E-state index contributed by atoms with van der Waals surface area (Å²) in [5.41, 5.74) is 2.19. The Balaban J connectivity index is 1.64. The van der Waals surface area contributed by atoms with E-state index >= 15 is 0 Å². The number of carbonyl (C=O) groups is 3. The van der Waals surface area contributed by atoms with E-state index in [0.29, 0.717) is 21.8 Å². The predicted octanol–water partition coefficient (Wildman–Crippen LogP) is 3.27. The maximum atomic E-state index is 12.5. The molecular weight excluding hydrogens is 390 g/mol. The molecule has 0 unspecified atom stereocenters. The summed E-state index contributed by atoms with van der Waals surface area (Å²) in [5, 5.41) is 5.85. The quantitative estimate of drug-likeness (QED) is 0.609. The number of nitrogens with one attached hydrogen (secondary N) is 2. The van der Waals surface area contributed by atoms with Crippen LogP contribution in [0.1, 0.15) is 25.0 Å². The normalized spacial score (nSPS) is 10.3. The molecule has 148 valence electrons. The summed E-state index contributed by atoms with van der Waals surface area (Å²) in [7, 11) is 1.53. The summed E-state index contributed by atoms with van der Waals surface area (Å²) in [4.78, 5) is 41.1. The van der Waals surface area contributed by atoms with Crippen molar-refractivity contribution >= 4 is 34.8 Å². The van der Waals surface area contributed by atoms with Crippen LogP contribution in [0.2, 0.25) is 0 Å². The summed E-state index contributed by atoms with van der Waals surface area (Å²) in [6.07, 6.45) is 0. The molecule has 0 aliphatic heterocycles. The zero-order chi connectivity index (χ0) is 20.8. The monoisotopic (exact) mass is 409 g/mol. The molecule has 3 rings (SSSR count). The molecule has 29 heavy (non-hydrogen) atoms. The number of rotatable bonds is 6. The molecule has 0 fully saturated rings. The number of esters is 1. The molecule has 3 aromatic rings. The molecule has 2 amide bonds. The summed E-state index contributed by atoms with van der Waals surface area (Å²) < 4.78 is 5.18. The third-order valence-electron chi connectivity index (χ3n) is 3.94. The molecule has 0 saturated heterocycles. The van der Waals surface area contributed by atoms with Gasteiger partial charge in [0.2, 0.25) is 0 Å². The highest BCUT2D eigenvalue weighted by Gasteiger charge is 2.20. The zero-order valence-electron chi connectivity index (χ0n) is 15.9. The van der Waals surface area contributed by atoms with Gasteiger partial charge in [0.25, 0.3) is 11.8 Å². The van der Waals surface area contributed by atoms with Crippen LogP contribution in [0, 0.1) is 6.92 Å². The molecule has 0 atom stereocenters. The predicted molar refractivity (Wildman–Crippen MR) is 111 cm³/mol. The number of aryl methyl sites for hydroxylation is 1. The smallest absolute Gasteiger partial charge is 0.351 e. The molecule has 0 bridgehead atoms. The Labute approximate surface area is 171 Å². The van der Waals surface area contributed by atoms with Crippen molar-refractivity contribution in [1.29, 1.82) is 0 Å². The molecule has 1 aromatic heterocycles. The highest BCUT2D eigenvalue weighted by molar-refractivity contribution is 7.14. The number of hydrogen-bond acceptors (Lipinski definition) is 6. The minimum Gasteiger partial charge on any atom is -0.451 e. The van der Waals surface area contributed by atoms with Crippen LogP contribution >= 0.6 is 11.3 Å². The van der Waals surface area contributed by atoms with Crippen LogP contribution in [-0.4, -0.2) is 36.4 Å². The van der Waals surface area contributed by atoms with Crippen LogP contribution in [0.25, 0.3) is 11.3 Å². The van der Waals surface area contributed by atoms with Gasteiger partial charge in [0.1, 0.15) is 4.88 Å². The fourth-order valence-electron chi connectivity index (χ4n) is 2.63. The number of anilines is 1.